The summed E-state index contributed by atoms with van der Waals surface area (Å²) in [6.45, 7) is 2.92. The summed E-state index contributed by atoms with van der Waals surface area (Å²) in [6.07, 6.45) is 3.94. The topological polar surface area (TPSA) is 21.3 Å². The maximum atomic E-state index is 5.77. The average molecular weight is 223 g/mol. The summed E-state index contributed by atoms with van der Waals surface area (Å²) in [5.41, 5.74) is 1.47. The Morgan fingerprint density at radius 3 is 3.20 bits per heavy atom. The summed E-state index contributed by atoms with van der Waals surface area (Å²) in [4.78, 5) is 1.55. The minimum absolute atomic E-state index is 0.443. The van der Waals surface area contributed by atoms with Crippen LogP contribution < -0.4 is 5.32 Å². The van der Waals surface area contributed by atoms with Crippen molar-refractivity contribution < 1.29 is 4.74 Å². The van der Waals surface area contributed by atoms with E-state index in [-0.39, 0.29) is 0 Å². The predicted molar refractivity (Wildman–Crippen MR) is 62.3 cm³/mol. The second-order valence-corrected chi connectivity index (χ2v) is 5.54. The fourth-order valence-electron chi connectivity index (χ4n) is 2.12. The first-order chi connectivity index (χ1) is 7.43. The summed E-state index contributed by atoms with van der Waals surface area (Å²) < 4.78 is 5.77. The Bertz CT molecular complexity index is 332. The molecule has 15 heavy (non-hydrogen) atoms. The molecule has 1 aromatic heterocycles. The normalized spacial score (nSPS) is 25.2. The lowest BCUT2D eigenvalue weighted by molar-refractivity contribution is 0.101. The van der Waals surface area contributed by atoms with Gasteiger partial charge in [0, 0.05) is 18.0 Å². The monoisotopic (exact) mass is 223 g/mol. The summed E-state index contributed by atoms with van der Waals surface area (Å²) >= 11 is 1.89. The highest BCUT2D eigenvalue weighted by atomic mass is 32.1. The SMILES string of the molecule is c1cc2c(s1)CCN[C@@H]2COCC1CC1. The molecular formula is C12H17NOS. The van der Waals surface area contributed by atoms with Gasteiger partial charge in [0.1, 0.15) is 0 Å². The Hall–Kier alpha value is -0.380. The van der Waals surface area contributed by atoms with Crippen LogP contribution in [0.4, 0.5) is 0 Å². The molecule has 0 saturated heterocycles. The largest absolute Gasteiger partial charge is 0.379 e. The van der Waals surface area contributed by atoms with Crippen molar-refractivity contribution >= 4 is 11.3 Å². The van der Waals surface area contributed by atoms with Crippen molar-refractivity contribution in [3.8, 4) is 0 Å². The van der Waals surface area contributed by atoms with Gasteiger partial charge in [-0.1, -0.05) is 0 Å². The maximum Gasteiger partial charge on any atom is 0.0662 e. The first-order valence-electron chi connectivity index (χ1n) is 5.81. The van der Waals surface area contributed by atoms with Gasteiger partial charge in [-0.2, -0.15) is 0 Å². The lowest BCUT2D eigenvalue weighted by Gasteiger charge is -2.24. The summed E-state index contributed by atoms with van der Waals surface area (Å²) in [5.74, 6) is 0.871. The van der Waals surface area contributed by atoms with Gasteiger partial charge in [0.25, 0.3) is 0 Å². The molecule has 2 nitrogen and oxygen atoms in total. The third kappa shape index (κ3) is 2.25. The van der Waals surface area contributed by atoms with Crippen molar-refractivity contribution in [2.75, 3.05) is 19.8 Å². The van der Waals surface area contributed by atoms with Crippen LogP contribution >= 0.6 is 11.3 Å². The van der Waals surface area contributed by atoms with Crippen LogP contribution in [0.5, 0.6) is 0 Å². The van der Waals surface area contributed by atoms with E-state index in [0.717, 1.165) is 25.7 Å². The van der Waals surface area contributed by atoms with E-state index >= 15 is 0 Å². The first kappa shape index (κ1) is 9.82. The van der Waals surface area contributed by atoms with E-state index in [1.54, 1.807) is 4.88 Å². The zero-order valence-corrected chi connectivity index (χ0v) is 9.69. The van der Waals surface area contributed by atoms with Crippen molar-refractivity contribution in [1.29, 1.82) is 0 Å². The van der Waals surface area contributed by atoms with Gasteiger partial charge >= 0.3 is 0 Å². The zero-order chi connectivity index (χ0) is 10.1. The molecule has 3 rings (SSSR count). The quantitative estimate of drug-likeness (QED) is 0.846. The van der Waals surface area contributed by atoms with Crippen molar-refractivity contribution in [3.05, 3.63) is 21.9 Å². The fourth-order valence-corrected chi connectivity index (χ4v) is 3.07. The van der Waals surface area contributed by atoms with Crippen LogP contribution in [0, 0.1) is 5.92 Å². The molecule has 3 heteroatoms. The molecule has 1 N–H and O–H groups in total. The highest BCUT2D eigenvalue weighted by Gasteiger charge is 2.24. The number of ether oxygens (including phenoxy) is 1. The molecule has 82 valence electrons. The Morgan fingerprint density at radius 1 is 1.40 bits per heavy atom. The molecular weight excluding hydrogens is 206 g/mol. The molecule has 2 aliphatic rings. The number of rotatable bonds is 4. The lowest BCUT2D eigenvalue weighted by atomic mass is 10.0. The van der Waals surface area contributed by atoms with Crippen LogP contribution in [-0.4, -0.2) is 19.8 Å². The number of nitrogens with one attached hydrogen (secondary N) is 1. The molecule has 0 spiro atoms. The third-order valence-electron chi connectivity index (χ3n) is 3.23. The second kappa shape index (κ2) is 4.24. The van der Waals surface area contributed by atoms with Crippen molar-refractivity contribution in [2.45, 2.75) is 25.3 Å². The van der Waals surface area contributed by atoms with Gasteiger partial charge in [-0.05, 0) is 42.2 Å². The number of hydrogen-bond donors (Lipinski definition) is 1. The maximum absolute atomic E-state index is 5.77. The molecule has 0 aromatic carbocycles. The Morgan fingerprint density at radius 2 is 2.33 bits per heavy atom. The van der Waals surface area contributed by atoms with Crippen LogP contribution in [0.15, 0.2) is 11.4 Å². The van der Waals surface area contributed by atoms with Crippen molar-refractivity contribution in [2.24, 2.45) is 5.92 Å². The van der Waals surface area contributed by atoms with Gasteiger partial charge in [-0.15, -0.1) is 11.3 Å². The van der Waals surface area contributed by atoms with Gasteiger partial charge in [0.15, 0.2) is 0 Å². The molecule has 1 aromatic rings. The molecule has 0 bridgehead atoms. The summed E-state index contributed by atoms with van der Waals surface area (Å²) in [5, 5.41) is 5.74. The van der Waals surface area contributed by atoms with Crippen LogP contribution in [0.25, 0.3) is 0 Å². The molecule has 1 saturated carbocycles. The predicted octanol–water partition coefficient (Wildman–Crippen LogP) is 2.36. The van der Waals surface area contributed by atoms with Crippen LogP contribution in [0.1, 0.15) is 29.3 Å². The van der Waals surface area contributed by atoms with Crippen molar-refractivity contribution in [1.82, 2.24) is 5.32 Å². The molecule has 0 unspecified atom stereocenters. The van der Waals surface area contributed by atoms with Crippen molar-refractivity contribution in [3.63, 3.8) is 0 Å². The second-order valence-electron chi connectivity index (χ2n) is 4.54. The van der Waals surface area contributed by atoms with E-state index in [1.807, 2.05) is 11.3 Å². The fraction of sp³-hybridized carbons (Fsp3) is 0.667. The standard InChI is InChI=1S/C12H17NOS/c1-2-9(1)7-14-8-11-10-4-6-15-12(10)3-5-13-11/h4,6,9,11,13H,1-3,5,7-8H2/t11-/m1/s1. The van der Waals surface area contributed by atoms with Gasteiger partial charge in [0.2, 0.25) is 0 Å². The summed E-state index contributed by atoms with van der Waals surface area (Å²) in [7, 11) is 0. The first-order valence-corrected chi connectivity index (χ1v) is 6.69. The molecule has 1 aliphatic heterocycles. The van der Waals surface area contributed by atoms with E-state index < -0.39 is 0 Å². The van der Waals surface area contributed by atoms with Crippen LogP contribution in [0.2, 0.25) is 0 Å². The smallest absolute Gasteiger partial charge is 0.0662 e. The molecule has 0 amide bonds. The molecule has 1 atom stereocenters. The summed E-state index contributed by atoms with van der Waals surface area (Å²) in [6, 6.07) is 2.69. The highest BCUT2D eigenvalue weighted by molar-refractivity contribution is 7.10. The zero-order valence-electron chi connectivity index (χ0n) is 8.87. The van der Waals surface area contributed by atoms with Gasteiger partial charge < -0.3 is 10.1 Å². The Balaban J connectivity index is 1.57. The lowest BCUT2D eigenvalue weighted by Crippen LogP contribution is -2.32. The van der Waals surface area contributed by atoms with Crippen LogP contribution in [-0.2, 0) is 11.2 Å². The number of hydrogen-bond acceptors (Lipinski definition) is 3. The van der Waals surface area contributed by atoms with Gasteiger partial charge in [-0.25, -0.2) is 0 Å². The minimum Gasteiger partial charge on any atom is -0.379 e. The van der Waals surface area contributed by atoms with Gasteiger partial charge in [0.05, 0.1) is 12.6 Å². The Kier molecular flexibility index (Phi) is 2.77. The average Bonchev–Trinajstić information content (AvgIpc) is 2.95. The number of fused-ring (bicyclic) bond motifs is 1. The van der Waals surface area contributed by atoms with Gasteiger partial charge in [-0.3, -0.25) is 0 Å². The minimum atomic E-state index is 0.443. The molecule has 2 heterocycles. The Labute approximate surface area is 94.6 Å². The van der Waals surface area contributed by atoms with E-state index in [2.05, 4.69) is 16.8 Å². The van der Waals surface area contributed by atoms with E-state index in [1.165, 1.54) is 24.8 Å². The number of thiophene rings is 1. The third-order valence-corrected chi connectivity index (χ3v) is 4.23. The highest BCUT2D eigenvalue weighted by Crippen LogP contribution is 2.30. The van der Waals surface area contributed by atoms with E-state index in [9.17, 15) is 0 Å². The molecule has 1 aliphatic carbocycles. The van der Waals surface area contributed by atoms with E-state index in [0.29, 0.717) is 6.04 Å². The molecule has 0 radical (unpaired) electrons. The van der Waals surface area contributed by atoms with Crippen LogP contribution in [0.3, 0.4) is 0 Å². The molecule has 1 fully saturated rings. The van der Waals surface area contributed by atoms with E-state index in [4.69, 9.17) is 4.74 Å².